The molecule has 156 valence electrons. The second-order valence-electron chi connectivity index (χ2n) is 7.19. The molecule has 31 heavy (non-hydrogen) atoms. The van der Waals surface area contributed by atoms with Crippen molar-refractivity contribution in [3.8, 4) is 11.3 Å². The molecule has 8 heteroatoms. The standard InChI is InChI=1S/C23H21N5O3/c29-11-12-31-16-26-15-24-20-21(26)27(13-17-7-3-1-4-8-17)23-25-19(14-28(23)22(20)30)18-9-5-2-6-10-18/h1-10,14-15,29H,11-13,16H2. The van der Waals surface area contributed by atoms with Gasteiger partial charge in [-0.3, -0.25) is 13.9 Å². The molecule has 0 aliphatic rings. The molecule has 5 aromatic rings. The lowest BCUT2D eigenvalue weighted by atomic mass is 10.2. The van der Waals surface area contributed by atoms with Gasteiger partial charge in [0.1, 0.15) is 6.73 Å². The van der Waals surface area contributed by atoms with Crippen molar-refractivity contribution in [2.45, 2.75) is 13.3 Å². The number of aliphatic hydroxyl groups is 1. The third-order valence-corrected chi connectivity index (χ3v) is 5.13. The number of aromatic nitrogens is 5. The molecule has 0 fully saturated rings. The van der Waals surface area contributed by atoms with Crippen LogP contribution in [0, 0.1) is 0 Å². The summed E-state index contributed by atoms with van der Waals surface area (Å²) in [6, 6.07) is 19.8. The summed E-state index contributed by atoms with van der Waals surface area (Å²) in [5.74, 6) is 0.532. The first-order valence-corrected chi connectivity index (χ1v) is 10.0. The number of hydrogen-bond acceptors (Lipinski definition) is 5. The van der Waals surface area contributed by atoms with Crippen LogP contribution < -0.4 is 5.56 Å². The van der Waals surface area contributed by atoms with Gasteiger partial charge in [-0.15, -0.1) is 0 Å². The van der Waals surface area contributed by atoms with E-state index in [2.05, 4.69) is 4.98 Å². The number of ether oxygens (including phenoxy) is 1. The Morgan fingerprint density at radius 3 is 2.48 bits per heavy atom. The summed E-state index contributed by atoms with van der Waals surface area (Å²) in [6.07, 6.45) is 3.34. The monoisotopic (exact) mass is 415 g/mol. The Balaban J connectivity index is 1.75. The normalized spacial score (nSPS) is 11.5. The van der Waals surface area contributed by atoms with Crippen LogP contribution in [0.15, 0.2) is 78.0 Å². The van der Waals surface area contributed by atoms with Gasteiger partial charge in [-0.05, 0) is 5.56 Å². The molecule has 0 spiro atoms. The predicted octanol–water partition coefficient (Wildman–Crippen LogP) is 2.53. The van der Waals surface area contributed by atoms with E-state index in [1.54, 1.807) is 21.5 Å². The van der Waals surface area contributed by atoms with E-state index in [1.165, 1.54) is 0 Å². The fourth-order valence-corrected chi connectivity index (χ4v) is 3.71. The van der Waals surface area contributed by atoms with E-state index in [0.29, 0.717) is 23.5 Å². The molecule has 0 atom stereocenters. The Bertz CT molecular complexity index is 1390. The van der Waals surface area contributed by atoms with Crippen molar-refractivity contribution in [2.75, 3.05) is 13.2 Å². The van der Waals surface area contributed by atoms with Crippen molar-refractivity contribution in [1.29, 1.82) is 0 Å². The average Bonchev–Trinajstić information content (AvgIpc) is 3.44. The Kier molecular flexibility index (Phi) is 5.07. The average molecular weight is 415 g/mol. The first-order valence-electron chi connectivity index (χ1n) is 10.0. The number of fused-ring (bicyclic) bond motifs is 2. The van der Waals surface area contributed by atoms with Crippen LogP contribution in [0.3, 0.4) is 0 Å². The Hall–Kier alpha value is -3.75. The van der Waals surface area contributed by atoms with Crippen LogP contribution in [0.4, 0.5) is 0 Å². The Morgan fingerprint density at radius 2 is 1.74 bits per heavy atom. The molecule has 5 rings (SSSR count). The number of aliphatic hydroxyl groups excluding tert-OH is 1. The van der Waals surface area contributed by atoms with E-state index in [0.717, 1.165) is 16.8 Å². The molecular formula is C23H21N5O3. The topological polar surface area (TPSA) is 86.6 Å². The number of imidazole rings is 2. The summed E-state index contributed by atoms with van der Waals surface area (Å²) in [6.45, 7) is 0.812. The van der Waals surface area contributed by atoms with Crippen molar-refractivity contribution in [2.24, 2.45) is 0 Å². The number of nitrogens with zero attached hydrogens (tertiary/aromatic N) is 5. The minimum absolute atomic E-state index is 0.0750. The van der Waals surface area contributed by atoms with Gasteiger partial charge in [-0.2, -0.15) is 0 Å². The Morgan fingerprint density at radius 1 is 1.00 bits per heavy atom. The van der Waals surface area contributed by atoms with Gasteiger partial charge in [0, 0.05) is 11.8 Å². The van der Waals surface area contributed by atoms with Crippen LogP contribution in [-0.2, 0) is 18.0 Å². The molecule has 0 radical (unpaired) electrons. The highest BCUT2D eigenvalue weighted by molar-refractivity contribution is 5.74. The molecule has 2 aromatic carbocycles. The summed E-state index contributed by atoms with van der Waals surface area (Å²) in [5, 5.41) is 9.04. The van der Waals surface area contributed by atoms with Gasteiger partial charge < -0.3 is 9.84 Å². The molecule has 3 heterocycles. The second kappa shape index (κ2) is 8.17. The summed E-state index contributed by atoms with van der Waals surface area (Å²) in [5.41, 5.74) is 3.46. The van der Waals surface area contributed by atoms with Crippen molar-refractivity contribution >= 4 is 16.9 Å². The largest absolute Gasteiger partial charge is 0.394 e. The molecule has 0 aliphatic heterocycles. The molecule has 0 amide bonds. The van der Waals surface area contributed by atoms with Crippen molar-refractivity contribution in [1.82, 2.24) is 23.5 Å². The molecule has 0 saturated heterocycles. The van der Waals surface area contributed by atoms with E-state index in [9.17, 15) is 4.79 Å². The van der Waals surface area contributed by atoms with Crippen LogP contribution in [0.1, 0.15) is 5.56 Å². The van der Waals surface area contributed by atoms with Crippen LogP contribution in [-0.4, -0.2) is 41.8 Å². The van der Waals surface area contributed by atoms with E-state index < -0.39 is 0 Å². The van der Waals surface area contributed by atoms with Gasteiger partial charge in [-0.25, -0.2) is 14.4 Å². The fraction of sp³-hybridized carbons (Fsp3) is 0.174. The van der Waals surface area contributed by atoms with E-state index in [-0.39, 0.29) is 25.5 Å². The first kappa shape index (κ1) is 19.2. The molecule has 0 saturated carbocycles. The minimum Gasteiger partial charge on any atom is -0.394 e. The lowest BCUT2D eigenvalue weighted by molar-refractivity contribution is 0.0497. The highest BCUT2D eigenvalue weighted by Gasteiger charge is 2.19. The first-order chi connectivity index (χ1) is 15.3. The maximum Gasteiger partial charge on any atom is 0.287 e. The summed E-state index contributed by atoms with van der Waals surface area (Å²) < 4.78 is 10.8. The quantitative estimate of drug-likeness (QED) is 0.413. The predicted molar refractivity (Wildman–Crippen MR) is 117 cm³/mol. The lowest BCUT2D eigenvalue weighted by Crippen LogP contribution is -2.20. The zero-order chi connectivity index (χ0) is 21.2. The molecule has 0 bridgehead atoms. The highest BCUT2D eigenvalue weighted by Crippen LogP contribution is 2.21. The molecule has 8 nitrogen and oxygen atoms in total. The molecule has 0 unspecified atom stereocenters. The van der Waals surface area contributed by atoms with Crippen molar-refractivity contribution in [3.63, 3.8) is 0 Å². The lowest BCUT2D eigenvalue weighted by Gasteiger charge is -2.13. The van der Waals surface area contributed by atoms with Crippen molar-refractivity contribution < 1.29 is 9.84 Å². The van der Waals surface area contributed by atoms with Crippen molar-refractivity contribution in [3.05, 3.63) is 89.1 Å². The van der Waals surface area contributed by atoms with Gasteiger partial charge in [0.2, 0.25) is 5.78 Å². The van der Waals surface area contributed by atoms with Crippen LogP contribution in [0.25, 0.3) is 28.2 Å². The number of benzene rings is 2. The third-order valence-electron chi connectivity index (χ3n) is 5.13. The van der Waals surface area contributed by atoms with Gasteiger partial charge in [0.25, 0.3) is 5.56 Å². The number of hydrogen-bond donors (Lipinski definition) is 1. The summed E-state index contributed by atoms with van der Waals surface area (Å²) in [4.78, 5) is 22.4. The second-order valence-corrected chi connectivity index (χ2v) is 7.19. The van der Waals surface area contributed by atoms with Gasteiger partial charge >= 0.3 is 0 Å². The summed E-state index contributed by atoms with van der Waals surface area (Å²) in [7, 11) is 0. The maximum atomic E-state index is 13.2. The third kappa shape index (κ3) is 3.52. The summed E-state index contributed by atoms with van der Waals surface area (Å²) >= 11 is 0. The fourth-order valence-electron chi connectivity index (χ4n) is 3.71. The molecule has 1 N–H and O–H groups in total. The van der Waals surface area contributed by atoms with Crippen LogP contribution in [0.5, 0.6) is 0 Å². The maximum absolute atomic E-state index is 13.2. The number of rotatable bonds is 7. The smallest absolute Gasteiger partial charge is 0.287 e. The van der Waals surface area contributed by atoms with Gasteiger partial charge in [0.05, 0.1) is 31.8 Å². The minimum atomic E-state index is -0.232. The van der Waals surface area contributed by atoms with E-state index in [4.69, 9.17) is 14.8 Å². The SMILES string of the molecule is O=c1c2ncn(COCCO)c2n(Cc2ccccc2)c2nc(-c3ccccc3)cn12. The van der Waals surface area contributed by atoms with Crippen LogP contribution >= 0.6 is 0 Å². The van der Waals surface area contributed by atoms with Gasteiger partial charge in [0.15, 0.2) is 11.2 Å². The Labute approximate surface area is 177 Å². The van der Waals surface area contributed by atoms with Gasteiger partial charge in [-0.1, -0.05) is 60.7 Å². The van der Waals surface area contributed by atoms with E-state index >= 15 is 0 Å². The molecular weight excluding hydrogens is 394 g/mol. The highest BCUT2D eigenvalue weighted by atomic mass is 16.5. The zero-order valence-electron chi connectivity index (χ0n) is 16.8. The van der Waals surface area contributed by atoms with E-state index in [1.807, 2.05) is 65.2 Å². The zero-order valence-corrected chi connectivity index (χ0v) is 16.8. The molecule has 0 aliphatic carbocycles. The molecule has 3 aromatic heterocycles. The van der Waals surface area contributed by atoms with Crippen LogP contribution in [0.2, 0.25) is 0 Å².